The minimum atomic E-state index is -1.32. The number of carboxylic acid groups (broad SMARTS) is 1. The molecule has 0 aromatic heterocycles. The summed E-state index contributed by atoms with van der Waals surface area (Å²) in [6, 6.07) is 38.3. The fraction of sp³-hybridized carbons (Fsp3) is 0.233. The second kappa shape index (κ2) is 16.7. The van der Waals surface area contributed by atoms with Crippen molar-refractivity contribution in [2.75, 3.05) is 18.0 Å². The zero-order valence-electron chi connectivity index (χ0n) is 28.8. The van der Waals surface area contributed by atoms with Gasteiger partial charge in [0.15, 0.2) is 0 Å². The van der Waals surface area contributed by atoms with Crippen molar-refractivity contribution in [1.82, 2.24) is 4.90 Å². The number of halogens is 1. The Morgan fingerprint density at radius 3 is 2.31 bits per heavy atom. The molecule has 0 saturated carbocycles. The first-order valence-corrected chi connectivity index (χ1v) is 17.8. The summed E-state index contributed by atoms with van der Waals surface area (Å²) in [5.74, 6) is -1.52. The smallest absolute Gasteiger partial charge is 0.861 e. The average molecular weight is 754 g/mol. The van der Waals surface area contributed by atoms with Gasteiger partial charge in [-0.15, -0.1) is 0 Å². The molecule has 2 aliphatic rings. The number of rotatable bonds is 10. The first-order valence-electron chi connectivity index (χ1n) is 17.4. The molecule has 1 fully saturated rings. The molecule has 0 radical (unpaired) electrons. The molecule has 2 aliphatic heterocycles. The third-order valence-electron chi connectivity index (χ3n) is 9.94. The SMILES string of the molecule is Cc1ccc(N2CCc3ccccc3[C@@H]2[C@H](N=C(c2ccccc2)c2ccccc2N=C([O-])[C@@H]2CCCN2Cc2ccccc2)C(=O)[O-])cc1Cl.[Ni+2]. The van der Waals surface area contributed by atoms with Crippen LogP contribution in [0.25, 0.3) is 0 Å². The maximum Gasteiger partial charge on any atom is 2.00 e. The van der Waals surface area contributed by atoms with Crippen LogP contribution in [-0.2, 0) is 34.3 Å². The van der Waals surface area contributed by atoms with Crippen molar-refractivity contribution in [3.05, 3.63) is 166 Å². The second-order valence-electron chi connectivity index (χ2n) is 13.2. The van der Waals surface area contributed by atoms with Crippen LogP contribution in [-0.4, -0.2) is 47.7 Å². The zero-order chi connectivity index (χ0) is 35.3. The first kappa shape index (κ1) is 37.0. The number of aliphatic carboxylic acids is 1. The van der Waals surface area contributed by atoms with Crippen LogP contribution in [0.4, 0.5) is 11.4 Å². The van der Waals surface area contributed by atoms with Crippen molar-refractivity contribution >= 4 is 40.6 Å². The predicted octanol–water partition coefficient (Wildman–Crippen LogP) is 6.46. The Bertz CT molecular complexity index is 2070. The molecule has 0 aliphatic carbocycles. The van der Waals surface area contributed by atoms with Crippen LogP contribution in [0.5, 0.6) is 0 Å². The Labute approximate surface area is 320 Å². The van der Waals surface area contributed by atoms with Crippen LogP contribution < -0.4 is 15.1 Å². The van der Waals surface area contributed by atoms with Crippen LogP contribution in [0.1, 0.15) is 52.3 Å². The summed E-state index contributed by atoms with van der Waals surface area (Å²) in [5, 5.41) is 27.9. The molecule has 7 nitrogen and oxygen atoms in total. The number of anilines is 1. The molecular weight excluding hydrogens is 715 g/mol. The molecule has 3 atom stereocenters. The van der Waals surface area contributed by atoms with Gasteiger partial charge in [-0.3, -0.25) is 14.9 Å². The number of likely N-dealkylation sites (tertiary alicyclic amines) is 1. The Balaban J connectivity index is 0.00000464. The topological polar surface area (TPSA) is 94.4 Å². The number of fused-ring (bicyclic) bond motifs is 1. The van der Waals surface area contributed by atoms with Gasteiger partial charge in [-0.25, -0.2) is 0 Å². The third-order valence-corrected chi connectivity index (χ3v) is 10.3. The molecule has 0 spiro atoms. The van der Waals surface area contributed by atoms with Gasteiger partial charge in [0.2, 0.25) is 0 Å². The van der Waals surface area contributed by atoms with E-state index in [-0.39, 0.29) is 28.4 Å². The maximum atomic E-state index is 13.9. The van der Waals surface area contributed by atoms with Gasteiger partial charge in [-0.1, -0.05) is 121 Å². The van der Waals surface area contributed by atoms with Gasteiger partial charge in [0, 0.05) is 41.0 Å². The van der Waals surface area contributed by atoms with Gasteiger partial charge in [0.1, 0.15) is 6.04 Å². The summed E-state index contributed by atoms with van der Waals surface area (Å²) in [6.45, 7) is 4.00. The van der Waals surface area contributed by atoms with E-state index >= 15 is 0 Å². The Morgan fingerprint density at radius 1 is 0.865 bits per heavy atom. The minimum Gasteiger partial charge on any atom is -0.861 e. The van der Waals surface area contributed by atoms with Crippen LogP contribution in [0, 0.1) is 6.92 Å². The van der Waals surface area contributed by atoms with E-state index in [1.807, 2.05) is 116 Å². The minimum absolute atomic E-state index is 0. The fourth-order valence-corrected chi connectivity index (χ4v) is 7.53. The number of benzene rings is 5. The van der Waals surface area contributed by atoms with Crippen molar-refractivity contribution in [2.45, 2.75) is 50.9 Å². The number of aryl methyl sites for hydroxylation is 1. The number of carboxylic acids is 1. The molecule has 5 aromatic rings. The normalized spacial score (nSPS) is 18.4. The third kappa shape index (κ3) is 8.00. The van der Waals surface area contributed by atoms with Gasteiger partial charge in [0.25, 0.3) is 0 Å². The van der Waals surface area contributed by atoms with E-state index in [0.717, 1.165) is 53.7 Å². The summed E-state index contributed by atoms with van der Waals surface area (Å²) in [6.07, 6.45) is 2.37. The summed E-state index contributed by atoms with van der Waals surface area (Å²) in [7, 11) is 0. The fourth-order valence-electron chi connectivity index (χ4n) is 7.35. The number of aliphatic imine (C=N–C) groups is 2. The number of para-hydroxylation sites is 1. The van der Waals surface area contributed by atoms with Crippen molar-refractivity contribution in [2.24, 2.45) is 9.98 Å². The Hall–Kier alpha value is -4.75. The average Bonchev–Trinajstić information content (AvgIpc) is 3.62. The van der Waals surface area contributed by atoms with Crippen molar-refractivity contribution < 1.29 is 31.5 Å². The molecule has 0 N–H and O–H groups in total. The number of carbonyl (C=O) groups excluding carboxylic acids is 1. The predicted molar refractivity (Wildman–Crippen MR) is 201 cm³/mol. The van der Waals surface area contributed by atoms with Gasteiger partial charge in [-0.05, 0) is 79.1 Å². The van der Waals surface area contributed by atoms with Crippen molar-refractivity contribution in [3.8, 4) is 0 Å². The molecule has 52 heavy (non-hydrogen) atoms. The molecule has 9 heteroatoms. The molecule has 5 aromatic carbocycles. The van der Waals surface area contributed by atoms with E-state index in [2.05, 4.69) is 21.9 Å². The zero-order valence-corrected chi connectivity index (χ0v) is 30.6. The first-order chi connectivity index (χ1) is 24.9. The van der Waals surface area contributed by atoms with Gasteiger partial charge >= 0.3 is 16.5 Å². The van der Waals surface area contributed by atoms with E-state index in [4.69, 9.17) is 21.6 Å². The Morgan fingerprint density at radius 2 is 1.56 bits per heavy atom. The molecule has 266 valence electrons. The molecule has 0 amide bonds. The molecule has 0 unspecified atom stereocenters. The second-order valence-corrected chi connectivity index (χ2v) is 13.6. The van der Waals surface area contributed by atoms with E-state index in [1.165, 1.54) is 0 Å². The quantitative estimate of drug-likeness (QED) is 0.0928. The molecule has 0 bridgehead atoms. The Kier molecular flexibility index (Phi) is 11.9. The van der Waals surface area contributed by atoms with Crippen LogP contribution >= 0.6 is 11.6 Å². The van der Waals surface area contributed by atoms with Crippen LogP contribution in [0.2, 0.25) is 5.02 Å². The number of carbonyl (C=O) groups is 1. The van der Waals surface area contributed by atoms with Gasteiger partial charge in [-0.2, -0.15) is 0 Å². The summed E-state index contributed by atoms with van der Waals surface area (Å²) >= 11 is 6.60. The van der Waals surface area contributed by atoms with Crippen LogP contribution in [0.3, 0.4) is 0 Å². The largest absolute Gasteiger partial charge is 2.00 e. The van der Waals surface area contributed by atoms with E-state index < -0.39 is 18.1 Å². The number of nitrogens with zero attached hydrogens (tertiary/aromatic N) is 4. The number of hydrogen-bond donors (Lipinski definition) is 0. The van der Waals surface area contributed by atoms with Crippen molar-refractivity contribution in [3.63, 3.8) is 0 Å². The summed E-state index contributed by atoms with van der Waals surface area (Å²) in [5.41, 5.74) is 6.99. The monoisotopic (exact) mass is 752 g/mol. The van der Waals surface area contributed by atoms with E-state index in [1.54, 1.807) is 6.07 Å². The summed E-state index contributed by atoms with van der Waals surface area (Å²) < 4.78 is 0. The number of hydrogen-bond acceptors (Lipinski definition) is 7. The maximum absolute atomic E-state index is 13.9. The summed E-state index contributed by atoms with van der Waals surface area (Å²) in [4.78, 5) is 27.4. The van der Waals surface area contributed by atoms with Crippen molar-refractivity contribution in [1.29, 1.82) is 0 Å². The molecule has 7 rings (SSSR count). The van der Waals surface area contributed by atoms with E-state index in [0.29, 0.717) is 40.6 Å². The van der Waals surface area contributed by atoms with Crippen LogP contribution in [0.15, 0.2) is 137 Å². The van der Waals surface area contributed by atoms with E-state index in [9.17, 15) is 15.0 Å². The van der Waals surface area contributed by atoms with Gasteiger partial charge in [0.05, 0.1) is 23.4 Å². The molecular formula is C43H39ClN4NiO3. The molecule has 1 saturated heterocycles. The van der Waals surface area contributed by atoms with Gasteiger partial charge < -0.3 is 19.9 Å². The standard InChI is InChI=1S/C43H41ClN4O3.Ni/c1-29-22-23-33(27-36(29)44)48-26-24-31-15-8-9-18-34(31)41(48)40(43(50)51)46-39(32-16-6-3-7-17-32)35-19-10-11-20-37(35)45-42(49)38-21-12-25-47(38)28-30-13-4-2-5-14-30;/h2-11,13-20,22-23,27,38,40-41H,12,21,24-26,28H2,1H3,(H,45,49)(H,50,51);/q;+2/p-2/t38-,40-,41+;/m0./s1. The molecule has 2 heterocycles.